The third-order valence-corrected chi connectivity index (χ3v) is 3.95. The van der Waals surface area contributed by atoms with Crippen LogP contribution in [0.1, 0.15) is 12.0 Å². The number of nitrogens with two attached hydrogens (primary N) is 1. The van der Waals surface area contributed by atoms with Crippen LogP contribution in [0, 0.1) is 0 Å². The van der Waals surface area contributed by atoms with Crippen LogP contribution in [0.5, 0.6) is 5.75 Å². The number of rotatable bonds is 6. The number of phenolic OH excluding ortho intramolecular Hbond substituents is 1. The Morgan fingerprint density at radius 2 is 1.86 bits per heavy atom. The maximum atomic E-state index is 9.74. The van der Waals surface area contributed by atoms with E-state index in [1.54, 1.807) is 36.2 Å². The molecule has 0 aromatic heterocycles. The summed E-state index contributed by atoms with van der Waals surface area (Å²) in [5.41, 5.74) is 6.94. The lowest BCUT2D eigenvalue weighted by molar-refractivity contribution is 0.317. The minimum Gasteiger partial charge on any atom is -0.507 e. The molecule has 0 saturated heterocycles. The monoisotopic (exact) mass is 315 g/mol. The number of nitrogens with zero attached hydrogens (tertiary/aromatic N) is 2. The Morgan fingerprint density at radius 1 is 1.14 bits per heavy atom. The van der Waals surface area contributed by atoms with Gasteiger partial charge in [0.15, 0.2) is 0 Å². The van der Waals surface area contributed by atoms with Gasteiger partial charge in [-0.15, -0.1) is 11.8 Å². The third-order valence-electron chi connectivity index (χ3n) is 2.89. The minimum atomic E-state index is 0.198. The van der Waals surface area contributed by atoms with Gasteiger partial charge >= 0.3 is 0 Å². The molecule has 0 aliphatic rings. The van der Waals surface area contributed by atoms with Crippen molar-refractivity contribution in [1.82, 2.24) is 0 Å². The third kappa shape index (κ3) is 4.53. The first-order valence-electron chi connectivity index (χ1n) is 6.71. The molecule has 0 amide bonds. The van der Waals surface area contributed by atoms with Gasteiger partial charge in [-0.2, -0.15) is 0 Å². The Labute approximate surface area is 133 Å². The minimum absolute atomic E-state index is 0.198. The molecule has 0 heterocycles. The molecule has 114 valence electrons. The second kappa shape index (κ2) is 8.09. The molecule has 5 nitrogen and oxygen atoms in total. The van der Waals surface area contributed by atoms with E-state index < -0.39 is 0 Å². The molecule has 6 heteroatoms. The molecule has 0 radical (unpaired) electrons. The Bertz CT molecular complexity index is 687. The number of aromatic hydroxyl groups is 1. The highest BCUT2D eigenvalue weighted by Crippen LogP contribution is 2.30. The van der Waals surface area contributed by atoms with Crippen LogP contribution < -0.4 is 5.73 Å². The summed E-state index contributed by atoms with van der Waals surface area (Å²) in [5.74, 6) is 1.10. The smallest absolute Gasteiger partial charge is 0.139 e. The van der Waals surface area contributed by atoms with E-state index in [1.165, 1.54) is 0 Å². The van der Waals surface area contributed by atoms with Gasteiger partial charge in [-0.05, 0) is 24.3 Å². The molecule has 0 bridgehead atoms. The number of benzene rings is 2. The number of hydrogen-bond donors (Lipinski definition) is 3. The summed E-state index contributed by atoms with van der Waals surface area (Å²) in [7, 11) is 0. The fourth-order valence-electron chi connectivity index (χ4n) is 1.74. The van der Waals surface area contributed by atoms with Crippen LogP contribution in [0.25, 0.3) is 0 Å². The average Bonchev–Trinajstić information content (AvgIpc) is 2.55. The molecule has 4 N–H and O–H groups in total. The molecular weight excluding hydrogens is 298 g/mol. The highest BCUT2D eigenvalue weighted by molar-refractivity contribution is 7.99. The average molecular weight is 315 g/mol. The van der Waals surface area contributed by atoms with Crippen molar-refractivity contribution < 1.29 is 10.3 Å². The normalized spacial score (nSPS) is 11.9. The number of thioether (sulfide) groups is 1. The fraction of sp³-hybridized carbons (Fsp3) is 0.125. The van der Waals surface area contributed by atoms with Crippen molar-refractivity contribution in [2.75, 3.05) is 5.75 Å². The van der Waals surface area contributed by atoms with Crippen LogP contribution in [0.15, 0.2) is 63.6 Å². The largest absolute Gasteiger partial charge is 0.507 e. The molecule has 2 rings (SSSR count). The Morgan fingerprint density at radius 3 is 2.64 bits per heavy atom. The van der Waals surface area contributed by atoms with Gasteiger partial charge in [0.1, 0.15) is 11.6 Å². The van der Waals surface area contributed by atoms with Crippen LogP contribution in [0.2, 0.25) is 0 Å². The van der Waals surface area contributed by atoms with E-state index in [9.17, 15) is 5.11 Å². The van der Waals surface area contributed by atoms with E-state index in [2.05, 4.69) is 10.1 Å². The number of para-hydroxylation sites is 2. The molecule has 2 aromatic carbocycles. The summed E-state index contributed by atoms with van der Waals surface area (Å²) >= 11 is 1.58. The zero-order valence-electron chi connectivity index (χ0n) is 11.9. The van der Waals surface area contributed by atoms with Crippen LogP contribution in [-0.4, -0.2) is 28.1 Å². The van der Waals surface area contributed by atoms with Gasteiger partial charge in [-0.1, -0.05) is 29.4 Å². The van der Waals surface area contributed by atoms with E-state index in [1.807, 2.05) is 30.3 Å². The quantitative estimate of drug-likeness (QED) is 0.250. The molecule has 0 atom stereocenters. The number of amidine groups is 1. The second-order valence-corrected chi connectivity index (χ2v) is 5.61. The van der Waals surface area contributed by atoms with E-state index in [4.69, 9.17) is 10.9 Å². The van der Waals surface area contributed by atoms with Crippen molar-refractivity contribution in [2.45, 2.75) is 11.3 Å². The van der Waals surface area contributed by atoms with Crippen molar-refractivity contribution in [3.8, 4) is 5.75 Å². The maximum absolute atomic E-state index is 9.74. The van der Waals surface area contributed by atoms with Crippen LogP contribution in [0.3, 0.4) is 0 Å². The standard InChI is InChI=1S/C16H17N3O2S/c17-16(19-21)9-10-22-15-8-4-2-6-13(15)18-11-12-5-1-3-7-14(12)20/h1-8,11,20-21H,9-10H2,(H2,17,19). The highest BCUT2D eigenvalue weighted by Gasteiger charge is 2.03. The molecule has 0 aliphatic carbocycles. The van der Waals surface area contributed by atoms with Gasteiger partial charge < -0.3 is 16.0 Å². The first kappa shape index (κ1) is 15.9. The summed E-state index contributed by atoms with van der Waals surface area (Å²) < 4.78 is 0. The van der Waals surface area contributed by atoms with Crippen molar-refractivity contribution in [2.24, 2.45) is 15.9 Å². The Balaban J connectivity index is 2.10. The lowest BCUT2D eigenvalue weighted by Crippen LogP contribution is -2.11. The lowest BCUT2D eigenvalue weighted by Gasteiger charge is -2.05. The van der Waals surface area contributed by atoms with Gasteiger partial charge in [-0.3, -0.25) is 4.99 Å². The second-order valence-electron chi connectivity index (χ2n) is 4.47. The van der Waals surface area contributed by atoms with Crippen molar-refractivity contribution >= 4 is 29.5 Å². The van der Waals surface area contributed by atoms with Crippen molar-refractivity contribution in [3.05, 3.63) is 54.1 Å². The number of hydrogen-bond acceptors (Lipinski definition) is 5. The summed E-state index contributed by atoms with van der Waals surface area (Å²) in [6.07, 6.45) is 2.14. The van der Waals surface area contributed by atoms with Crippen molar-refractivity contribution in [1.29, 1.82) is 0 Å². The van der Waals surface area contributed by atoms with Crippen molar-refractivity contribution in [3.63, 3.8) is 0 Å². The summed E-state index contributed by atoms with van der Waals surface area (Å²) in [5, 5.41) is 21.2. The Kier molecular flexibility index (Phi) is 5.85. The summed E-state index contributed by atoms with van der Waals surface area (Å²) in [4.78, 5) is 5.44. The van der Waals surface area contributed by atoms with E-state index in [0.717, 1.165) is 10.6 Å². The molecular formula is C16H17N3O2S. The predicted molar refractivity (Wildman–Crippen MR) is 90.6 cm³/mol. The van der Waals surface area contributed by atoms with Crippen LogP contribution >= 0.6 is 11.8 Å². The topological polar surface area (TPSA) is 91.2 Å². The highest BCUT2D eigenvalue weighted by atomic mass is 32.2. The lowest BCUT2D eigenvalue weighted by atomic mass is 10.2. The zero-order valence-corrected chi connectivity index (χ0v) is 12.7. The molecule has 0 spiro atoms. The molecule has 0 unspecified atom stereocenters. The van der Waals surface area contributed by atoms with Gasteiger partial charge in [0, 0.05) is 28.8 Å². The van der Waals surface area contributed by atoms with Crippen LogP contribution in [0.4, 0.5) is 5.69 Å². The number of phenols is 1. The number of aliphatic imine (C=N–C) groups is 1. The first-order valence-corrected chi connectivity index (χ1v) is 7.69. The zero-order chi connectivity index (χ0) is 15.8. The Hall–Kier alpha value is -2.47. The maximum Gasteiger partial charge on any atom is 0.139 e. The molecule has 0 fully saturated rings. The molecule has 2 aromatic rings. The summed E-state index contributed by atoms with van der Waals surface area (Å²) in [6.45, 7) is 0. The van der Waals surface area contributed by atoms with E-state index >= 15 is 0 Å². The molecule has 0 saturated carbocycles. The SMILES string of the molecule is NC(CCSc1ccccc1N=Cc1ccccc1O)=NO. The number of oxime groups is 1. The van der Waals surface area contributed by atoms with Gasteiger partial charge in [0.05, 0.1) is 5.69 Å². The molecule has 22 heavy (non-hydrogen) atoms. The van der Waals surface area contributed by atoms with Gasteiger partial charge in [0.25, 0.3) is 0 Å². The summed E-state index contributed by atoms with van der Waals surface area (Å²) in [6, 6.07) is 14.8. The van der Waals surface area contributed by atoms with Gasteiger partial charge in [-0.25, -0.2) is 0 Å². The van der Waals surface area contributed by atoms with Crippen LogP contribution in [-0.2, 0) is 0 Å². The molecule has 0 aliphatic heterocycles. The van der Waals surface area contributed by atoms with E-state index in [0.29, 0.717) is 17.7 Å². The fourth-order valence-corrected chi connectivity index (χ4v) is 2.71. The van der Waals surface area contributed by atoms with E-state index in [-0.39, 0.29) is 11.6 Å². The predicted octanol–water partition coefficient (Wildman–Crippen LogP) is 3.37. The van der Waals surface area contributed by atoms with Gasteiger partial charge in [0.2, 0.25) is 0 Å². The first-order chi connectivity index (χ1) is 10.7.